The molecule has 1 N–H and O–H groups in total. The van der Waals surface area contributed by atoms with Crippen molar-refractivity contribution in [1.82, 2.24) is 19.7 Å². The van der Waals surface area contributed by atoms with Crippen molar-refractivity contribution in [2.24, 2.45) is 0 Å². The van der Waals surface area contributed by atoms with Crippen molar-refractivity contribution >= 4 is 22.9 Å². The lowest BCUT2D eigenvalue weighted by atomic mass is 9.92. The largest absolute Gasteiger partial charge is 0.382 e. The van der Waals surface area contributed by atoms with E-state index in [2.05, 4.69) is 10.1 Å². The minimum absolute atomic E-state index is 0.00860. The van der Waals surface area contributed by atoms with E-state index in [1.807, 2.05) is 48.3 Å². The van der Waals surface area contributed by atoms with Crippen LogP contribution in [0.25, 0.3) is 10.4 Å². The fourth-order valence-corrected chi connectivity index (χ4v) is 4.89. The zero-order chi connectivity index (χ0) is 22.7. The Bertz CT molecular complexity index is 1180. The van der Waals surface area contributed by atoms with E-state index in [1.165, 1.54) is 23.4 Å². The van der Waals surface area contributed by atoms with Gasteiger partial charge in [0, 0.05) is 39.5 Å². The van der Waals surface area contributed by atoms with E-state index in [9.17, 15) is 13.9 Å². The summed E-state index contributed by atoms with van der Waals surface area (Å²) in [5, 5.41) is 16.2. The van der Waals surface area contributed by atoms with Crippen LogP contribution in [0.3, 0.4) is 0 Å². The Kier molecular flexibility index (Phi) is 6.66. The van der Waals surface area contributed by atoms with Gasteiger partial charge in [-0.15, -0.1) is 11.3 Å². The summed E-state index contributed by atoms with van der Waals surface area (Å²) in [5.41, 5.74) is -0.560. The molecule has 0 bridgehead atoms. The van der Waals surface area contributed by atoms with Crippen LogP contribution in [0.5, 0.6) is 0 Å². The van der Waals surface area contributed by atoms with Gasteiger partial charge in [0.25, 0.3) is 0 Å². The first-order valence-corrected chi connectivity index (χ1v) is 11.1. The summed E-state index contributed by atoms with van der Waals surface area (Å²) in [4.78, 5) is 7.97. The molecular weight excluding hydrogens is 454 g/mol. The molecule has 4 rings (SSSR count). The Morgan fingerprint density at radius 1 is 1.12 bits per heavy atom. The maximum Gasteiger partial charge on any atom is 0.137 e. The number of rotatable bonds is 8. The predicted octanol–water partition coefficient (Wildman–Crippen LogP) is 4.96. The zero-order valence-electron chi connectivity index (χ0n) is 17.3. The molecule has 4 aromatic rings. The van der Waals surface area contributed by atoms with Crippen LogP contribution < -0.4 is 0 Å². The Labute approximate surface area is 193 Å². The molecule has 0 saturated heterocycles. The number of benzene rings is 2. The normalized spacial score (nSPS) is 13.4. The van der Waals surface area contributed by atoms with E-state index in [0.717, 1.165) is 27.5 Å². The molecule has 166 valence electrons. The number of likely N-dealkylation sites (N-methyl/N-ethyl adjacent to an activating group) is 1. The van der Waals surface area contributed by atoms with Crippen molar-refractivity contribution in [3.63, 3.8) is 0 Å². The van der Waals surface area contributed by atoms with Crippen molar-refractivity contribution in [1.29, 1.82) is 0 Å². The van der Waals surface area contributed by atoms with E-state index in [4.69, 9.17) is 11.6 Å². The van der Waals surface area contributed by atoms with E-state index in [-0.39, 0.29) is 18.7 Å². The van der Waals surface area contributed by atoms with Gasteiger partial charge in [-0.1, -0.05) is 29.8 Å². The number of halogens is 3. The second-order valence-corrected chi connectivity index (χ2v) is 9.30. The first-order valence-electron chi connectivity index (χ1n) is 9.86. The molecule has 0 aliphatic carbocycles. The minimum Gasteiger partial charge on any atom is -0.382 e. The first kappa shape index (κ1) is 22.5. The molecule has 0 saturated carbocycles. The molecule has 0 aliphatic rings. The van der Waals surface area contributed by atoms with Gasteiger partial charge in [0.1, 0.15) is 29.9 Å². The summed E-state index contributed by atoms with van der Waals surface area (Å²) in [6.07, 6.45) is 2.79. The second kappa shape index (κ2) is 9.46. The minimum atomic E-state index is -1.64. The molecule has 1 atom stereocenters. The second-order valence-electron chi connectivity index (χ2n) is 7.69. The van der Waals surface area contributed by atoms with E-state index in [0.29, 0.717) is 11.6 Å². The van der Waals surface area contributed by atoms with Gasteiger partial charge in [-0.2, -0.15) is 5.10 Å². The van der Waals surface area contributed by atoms with Crippen molar-refractivity contribution < 1.29 is 13.9 Å². The molecule has 9 heteroatoms. The Morgan fingerprint density at radius 3 is 2.59 bits per heavy atom. The number of nitrogens with zero attached hydrogens (tertiary/aromatic N) is 4. The van der Waals surface area contributed by atoms with Gasteiger partial charge in [-0.3, -0.25) is 4.90 Å². The molecule has 0 spiro atoms. The van der Waals surface area contributed by atoms with Gasteiger partial charge in [0.2, 0.25) is 0 Å². The third-order valence-corrected chi connectivity index (χ3v) is 6.44. The lowest BCUT2D eigenvalue weighted by Crippen LogP contribution is -2.43. The SMILES string of the molecule is CN(Cc1ccc(-c2ccc(Cl)cc2)s1)CC(O)(Cn1cncn1)c1ccc(F)cc1F. The molecule has 0 fully saturated rings. The van der Waals surface area contributed by atoms with Crippen LogP contribution >= 0.6 is 22.9 Å². The molecule has 2 aromatic carbocycles. The standard InChI is InChI=1S/C23H21ClF2N4OS/c1-29(11-19-7-9-22(32-19)16-2-4-17(24)5-3-16)12-23(31,13-30-15-27-14-28-30)20-8-6-18(25)10-21(20)26/h2-10,14-15,31H,11-13H2,1H3. The number of hydrogen-bond donors (Lipinski definition) is 1. The monoisotopic (exact) mass is 474 g/mol. The molecule has 32 heavy (non-hydrogen) atoms. The number of aromatic nitrogens is 3. The lowest BCUT2D eigenvalue weighted by Gasteiger charge is -2.33. The molecule has 1 unspecified atom stereocenters. The van der Waals surface area contributed by atoms with Gasteiger partial charge >= 0.3 is 0 Å². The Morgan fingerprint density at radius 2 is 1.91 bits per heavy atom. The molecule has 2 aromatic heterocycles. The molecule has 2 heterocycles. The maximum absolute atomic E-state index is 14.6. The average molecular weight is 475 g/mol. The highest BCUT2D eigenvalue weighted by molar-refractivity contribution is 7.15. The predicted molar refractivity (Wildman–Crippen MR) is 121 cm³/mol. The van der Waals surface area contributed by atoms with E-state index in [1.54, 1.807) is 11.3 Å². The van der Waals surface area contributed by atoms with E-state index < -0.39 is 17.2 Å². The highest BCUT2D eigenvalue weighted by Gasteiger charge is 2.35. The summed E-state index contributed by atoms with van der Waals surface area (Å²) in [7, 11) is 1.84. The van der Waals surface area contributed by atoms with Crippen LogP contribution in [-0.2, 0) is 18.7 Å². The number of hydrogen-bond acceptors (Lipinski definition) is 5. The van der Waals surface area contributed by atoms with Gasteiger partial charge < -0.3 is 5.11 Å². The van der Waals surface area contributed by atoms with E-state index >= 15 is 0 Å². The highest BCUT2D eigenvalue weighted by atomic mass is 35.5. The Hall–Kier alpha value is -2.65. The first-order chi connectivity index (χ1) is 15.3. The summed E-state index contributed by atoms with van der Waals surface area (Å²) in [6, 6.07) is 14.9. The van der Waals surface area contributed by atoms with Crippen molar-refractivity contribution in [3.8, 4) is 10.4 Å². The fraction of sp³-hybridized carbons (Fsp3) is 0.217. The van der Waals surface area contributed by atoms with Crippen LogP contribution in [0.1, 0.15) is 10.4 Å². The average Bonchev–Trinajstić information content (AvgIpc) is 3.40. The van der Waals surface area contributed by atoms with Crippen LogP contribution in [0.2, 0.25) is 5.02 Å². The molecule has 0 aliphatic heterocycles. The van der Waals surface area contributed by atoms with Gasteiger partial charge in [0.05, 0.1) is 6.54 Å². The molecule has 5 nitrogen and oxygen atoms in total. The number of aliphatic hydroxyl groups is 1. The zero-order valence-corrected chi connectivity index (χ0v) is 18.8. The number of thiophene rings is 1. The summed E-state index contributed by atoms with van der Waals surface area (Å²) in [5.74, 6) is -1.50. The highest BCUT2D eigenvalue weighted by Crippen LogP contribution is 2.31. The van der Waals surface area contributed by atoms with Crippen LogP contribution in [0.4, 0.5) is 8.78 Å². The third kappa shape index (κ3) is 5.21. The van der Waals surface area contributed by atoms with Gasteiger partial charge in [-0.05, 0) is 42.9 Å². The van der Waals surface area contributed by atoms with Crippen LogP contribution in [-0.4, -0.2) is 38.4 Å². The fourth-order valence-electron chi connectivity index (χ4n) is 3.67. The quantitative estimate of drug-likeness (QED) is 0.392. The third-order valence-electron chi connectivity index (χ3n) is 5.07. The van der Waals surface area contributed by atoms with Gasteiger partial charge in [-0.25, -0.2) is 18.4 Å². The molecular formula is C23H21ClF2N4OS. The Balaban J connectivity index is 1.54. The molecule has 0 amide bonds. The summed E-state index contributed by atoms with van der Waals surface area (Å²) in [6.45, 7) is 0.616. The van der Waals surface area contributed by atoms with Crippen molar-refractivity contribution in [2.45, 2.75) is 18.7 Å². The van der Waals surface area contributed by atoms with Gasteiger partial charge in [0.15, 0.2) is 0 Å². The maximum atomic E-state index is 14.6. The van der Waals surface area contributed by atoms with Crippen LogP contribution in [0, 0.1) is 11.6 Å². The summed E-state index contributed by atoms with van der Waals surface area (Å²) >= 11 is 7.61. The lowest BCUT2D eigenvalue weighted by molar-refractivity contribution is -0.0173. The molecule has 0 radical (unpaired) electrons. The van der Waals surface area contributed by atoms with Crippen LogP contribution in [0.15, 0.2) is 67.3 Å². The van der Waals surface area contributed by atoms with Crippen molar-refractivity contribution in [3.05, 3.63) is 94.3 Å². The summed E-state index contributed by atoms with van der Waals surface area (Å²) < 4.78 is 29.5. The topological polar surface area (TPSA) is 54.2 Å². The van der Waals surface area contributed by atoms with Crippen molar-refractivity contribution in [2.75, 3.05) is 13.6 Å². The smallest absolute Gasteiger partial charge is 0.137 e.